The smallest absolute Gasteiger partial charge is 0.416 e. The fourth-order valence-corrected chi connectivity index (χ4v) is 4.07. The van der Waals surface area contributed by atoms with E-state index in [1.807, 2.05) is 0 Å². The highest BCUT2D eigenvalue weighted by atomic mass is 19.4. The van der Waals surface area contributed by atoms with Crippen LogP contribution in [-0.4, -0.2) is 37.1 Å². The van der Waals surface area contributed by atoms with Crippen LogP contribution in [-0.2, 0) is 34.7 Å². The molecule has 2 aliphatic heterocycles. The minimum Gasteiger partial charge on any atom is -0.476 e. The lowest BCUT2D eigenvalue weighted by molar-refractivity contribution is -0.138. The highest BCUT2D eigenvalue weighted by Gasteiger charge is 2.37. The van der Waals surface area contributed by atoms with Crippen molar-refractivity contribution in [1.29, 1.82) is 0 Å². The summed E-state index contributed by atoms with van der Waals surface area (Å²) in [4.78, 5) is 8.54. The molecule has 4 rings (SSSR count). The number of alkyl halides is 6. The predicted molar refractivity (Wildman–Crippen MR) is 114 cm³/mol. The number of rotatable bonds is 7. The first-order valence-corrected chi connectivity index (χ1v) is 11.0. The normalized spacial score (nSPS) is 21.9. The molecule has 0 saturated carbocycles. The first-order chi connectivity index (χ1) is 16.9. The van der Waals surface area contributed by atoms with Crippen molar-refractivity contribution in [3.05, 3.63) is 70.3 Å². The van der Waals surface area contributed by atoms with Crippen LogP contribution in [0.25, 0.3) is 0 Å². The molecule has 0 fully saturated rings. The summed E-state index contributed by atoms with van der Waals surface area (Å²) in [5, 5.41) is 0. The number of ether oxygens (including phenoxy) is 2. The molecule has 3 atom stereocenters. The van der Waals surface area contributed by atoms with Gasteiger partial charge in [-0.3, -0.25) is 4.99 Å². The van der Waals surface area contributed by atoms with Crippen LogP contribution in [0.4, 0.5) is 35.1 Å². The van der Waals surface area contributed by atoms with Crippen molar-refractivity contribution < 1.29 is 44.6 Å². The Kier molecular flexibility index (Phi) is 7.24. The SMILES string of the molecule is Fc1cc(CCC2N=COC2C2=NC(CCc3cc(C(F)(F)F)ccc3F)CO2)cc(C(F)(F)F)c1. The van der Waals surface area contributed by atoms with Gasteiger partial charge in [0.2, 0.25) is 5.90 Å². The number of halogens is 8. The summed E-state index contributed by atoms with van der Waals surface area (Å²) in [6.45, 7) is 0.112. The summed E-state index contributed by atoms with van der Waals surface area (Å²) in [5.41, 5.74) is -1.95. The molecule has 0 amide bonds. The molecule has 0 radical (unpaired) electrons. The van der Waals surface area contributed by atoms with Gasteiger partial charge in [-0.15, -0.1) is 0 Å². The van der Waals surface area contributed by atoms with Gasteiger partial charge in [-0.25, -0.2) is 13.8 Å². The maximum Gasteiger partial charge on any atom is 0.416 e. The van der Waals surface area contributed by atoms with Gasteiger partial charge in [0, 0.05) is 0 Å². The number of aryl methyl sites for hydroxylation is 2. The van der Waals surface area contributed by atoms with Crippen LogP contribution in [0.2, 0.25) is 0 Å². The molecule has 2 aliphatic rings. The standard InChI is InChI=1S/C24H20F8N2O2/c25-17-8-13(7-16(10-17)24(30,31)32)1-6-20-21(36-12-33-20)22-34-18(11-35-22)4-2-14-9-15(23(27,28)29)3-5-19(14)26/h3,5,7-10,12,18,20-21H,1-2,4,6,11H2. The van der Waals surface area contributed by atoms with E-state index in [-0.39, 0.29) is 49.3 Å². The number of benzene rings is 2. The predicted octanol–water partition coefficient (Wildman–Crippen LogP) is 6.16. The van der Waals surface area contributed by atoms with Crippen LogP contribution in [0.1, 0.15) is 35.1 Å². The molecular weight excluding hydrogens is 500 g/mol. The zero-order chi connectivity index (χ0) is 26.1. The van der Waals surface area contributed by atoms with Crippen LogP contribution in [0.3, 0.4) is 0 Å². The average Bonchev–Trinajstić information content (AvgIpc) is 3.44. The van der Waals surface area contributed by atoms with E-state index in [0.717, 1.165) is 24.3 Å². The van der Waals surface area contributed by atoms with Gasteiger partial charge < -0.3 is 9.47 Å². The van der Waals surface area contributed by atoms with Gasteiger partial charge in [0.25, 0.3) is 0 Å². The van der Waals surface area contributed by atoms with Crippen LogP contribution in [0.15, 0.2) is 46.4 Å². The van der Waals surface area contributed by atoms with Crippen molar-refractivity contribution in [2.24, 2.45) is 9.98 Å². The van der Waals surface area contributed by atoms with Gasteiger partial charge in [0.05, 0.1) is 23.2 Å². The first-order valence-electron chi connectivity index (χ1n) is 11.0. The molecule has 0 bridgehead atoms. The second-order valence-corrected chi connectivity index (χ2v) is 8.54. The number of aliphatic imine (C=N–C) groups is 2. The molecule has 3 unspecified atom stereocenters. The van der Waals surface area contributed by atoms with Crippen molar-refractivity contribution in [3.63, 3.8) is 0 Å². The van der Waals surface area contributed by atoms with E-state index < -0.39 is 53.3 Å². The lowest BCUT2D eigenvalue weighted by Crippen LogP contribution is -2.32. The van der Waals surface area contributed by atoms with Crippen LogP contribution in [0.5, 0.6) is 0 Å². The van der Waals surface area contributed by atoms with Crippen molar-refractivity contribution in [2.75, 3.05) is 6.61 Å². The van der Waals surface area contributed by atoms with Gasteiger partial charge in [-0.1, -0.05) is 0 Å². The molecule has 0 saturated heterocycles. The maximum atomic E-state index is 14.0. The Labute approximate surface area is 200 Å². The van der Waals surface area contributed by atoms with E-state index in [0.29, 0.717) is 12.1 Å². The molecule has 12 heteroatoms. The third-order valence-electron chi connectivity index (χ3n) is 5.92. The van der Waals surface area contributed by atoms with E-state index in [4.69, 9.17) is 9.47 Å². The minimum absolute atomic E-state index is 0.00707. The second kappa shape index (κ2) is 10.1. The fraction of sp³-hybridized carbons (Fsp3) is 0.417. The number of hydrogen-bond acceptors (Lipinski definition) is 4. The highest BCUT2D eigenvalue weighted by Crippen LogP contribution is 2.32. The Hall–Kier alpha value is -3.18. The molecule has 0 aromatic heterocycles. The zero-order valence-electron chi connectivity index (χ0n) is 18.5. The van der Waals surface area contributed by atoms with E-state index in [2.05, 4.69) is 9.98 Å². The monoisotopic (exact) mass is 520 g/mol. The summed E-state index contributed by atoms with van der Waals surface area (Å²) in [5.74, 6) is -1.54. The van der Waals surface area contributed by atoms with Crippen molar-refractivity contribution in [2.45, 2.75) is 56.2 Å². The molecule has 194 valence electrons. The summed E-state index contributed by atoms with van der Waals surface area (Å²) in [6.07, 6.45) is -8.27. The lowest BCUT2D eigenvalue weighted by atomic mass is 10.00. The topological polar surface area (TPSA) is 43.2 Å². The number of hydrogen-bond donors (Lipinski definition) is 0. The van der Waals surface area contributed by atoms with E-state index in [1.54, 1.807) is 0 Å². The molecule has 36 heavy (non-hydrogen) atoms. The molecule has 2 aromatic rings. The van der Waals surface area contributed by atoms with Crippen molar-refractivity contribution in [1.82, 2.24) is 0 Å². The molecule has 0 aliphatic carbocycles. The molecular formula is C24H20F8N2O2. The molecule has 2 heterocycles. The summed E-state index contributed by atoms with van der Waals surface area (Å²) < 4.78 is 116. The van der Waals surface area contributed by atoms with Gasteiger partial charge in [0.1, 0.15) is 18.2 Å². The highest BCUT2D eigenvalue weighted by molar-refractivity contribution is 5.85. The van der Waals surface area contributed by atoms with Gasteiger partial charge >= 0.3 is 12.4 Å². The minimum atomic E-state index is -4.67. The van der Waals surface area contributed by atoms with E-state index in [9.17, 15) is 35.1 Å². The Bertz CT molecular complexity index is 1160. The summed E-state index contributed by atoms with van der Waals surface area (Å²) in [7, 11) is 0. The van der Waals surface area contributed by atoms with Gasteiger partial charge in [-0.05, 0) is 73.2 Å². The largest absolute Gasteiger partial charge is 0.476 e. The lowest BCUT2D eigenvalue weighted by Gasteiger charge is -2.17. The van der Waals surface area contributed by atoms with Crippen LogP contribution < -0.4 is 0 Å². The quantitative estimate of drug-likeness (QED) is 0.411. The molecule has 4 nitrogen and oxygen atoms in total. The maximum absolute atomic E-state index is 14.0. The molecule has 2 aromatic carbocycles. The average molecular weight is 520 g/mol. The first kappa shape index (κ1) is 25.9. The Morgan fingerprint density at radius 3 is 2.33 bits per heavy atom. The van der Waals surface area contributed by atoms with Crippen LogP contribution >= 0.6 is 0 Å². The third kappa shape index (κ3) is 6.14. The number of nitrogens with zero attached hydrogens (tertiary/aromatic N) is 2. The zero-order valence-corrected chi connectivity index (χ0v) is 18.5. The fourth-order valence-electron chi connectivity index (χ4n) is 4.07. The molecule has 0 spiro atoms. The second-order valence-electron chi connectivity index (χ2n) is 8.54. The Morgan fingerprint density at radius 1 is 0.861 bits per heavy atom. The van der Waals surface area contributed by atoms with Crippen LogP contribution in [0, 0.1) is 11.6 Å². The Morgan fingerprint density at radius 2 is 1.61 bits per heavy atom. The summed E-state index contributed by atoms with van der Waals surface area (Å²) >= 11 is 0. The van der Waals surface area contributed by atoms with Gasteiger partial charge in [0.15, 0.2) is 12.5 Å². The third-order valence-corrected chi connectivity index (χ3v) is 5.92. The van der Waals surface area contributed by atoms with E-state index >= 15 is 0 Å². The van der Waals surface area contributed by atoms with Crippen molar-refractivity contribution >= 4 is 12.3 Å². The van der Waals surface area contributed by atoms with E-state index in [1.165, 1.54) is 6.40 Å². The van der Waals surface area contributed by atoms with Crippen molar-refractivity contribution in [3.8, 4) is 0 Å². The summed E-state index contributed by atoms with van der Waals surface area (Å²) in [6, 6.07) is 3.58. The molecule has 0 N–H and O–H groups in total. The Balaban J connectivity index is 1.37. The van der Waals surface area contributed by atoms with Gasteiger partial charge in [-0.2, -0.15) is 26.3 Å².